The Balaban J connectivity index is 1.38. The highest BCUT2D eigenvalue weighted by molar-refractivity contribution is 5.84. The summed E-state index contributed by atoms with van der Waals surface area (Å²) in [6.07, 6.45) is 4.65. The van der Waals surface area contributed by atoms with Gasteiger partial charge in [-0.1, -0.05) is 6.92 Å². The van der Waals surface area contributed by atoms with E-state index in [-0.39, 0.29) is 34.8 Å². The Kier molecular flexibility index (Phi) is 4.42. The van der Waals surface area contributed by atoms with E-state index >= 15 is 0 Å². The molecule has 3 aliphatic carbocycles. The van der Waals surface area contributed by atoms with Crippen LogP contribution in [0.5, 0.6) is 0 Å². The van der Waals surface area contributed by atoms with E-state index in [1.165, 1.54) is 6.08 Å². The maximum atomic E-state index is 12.5. The number of rotatable bonds is 0. The number of hydrogen-bond donors (Lipinski definition) is 2. The van der Waals surface area contributed by atoms with E-state index in [0.29, 0.717) is 24.0 Å². The predicted molar refractivity (Wildman–Crippen MR) is 135 cm³/mol. The lowest BCUT2D eigenvalue weighted by Gasteiger charge is -2.45. The Hall–Kier alpha value is -2.48. The molecule has 3 fully saturated rings. The SMILES string of the molecule is Cc1cc2cc3c(c(C)c2oc1=O)[C@H](O)C[C@]1(C)[C@H]3C[C@]2(O)[C@H]3O[C@]34C=CC(=O)OC(C)(C)[C@@H]4CC[C@@H]12. The molecule has 2 N–H and O–H groups in total. The van der Waals surface area contributed by atoms with Gasteiger partial charge in [-0.25, -0.2) is 9.59 Å². The number of carbonyl (C=O) groups is 1. The van der Waals surface area contributed by atoms with Crippen molar-refractivity contribution >= 4 is 16.9 Å². The van der Waals surface area contributed by atoms with Gasteiger partial charge in [0.05, 0.1) is 11.7 Å². The largest absolute Gasteiger partial charge is 0.456 e. The molecule has 1 saturated heterocycles. The van der Waals surface area contributed by atoms with E-state index in [9.17, 15) is 19.8 Å². The van der Waals surface area contributed by atoms with Crippen LogP contribution in [0.1, 0.15) is 80.7 Å². The average Bonchev–Trinajstić information content (AvgIpc) is 3.51. The van der Waals surface area contributed by atoms with Gasteiger partial charge in [-0.05, 0) is 106 Å². The molecule has 0 radical (unpaired) electrons. The lowest BCUT2D eigenvalue weighted by atomic mass is 9.60. The summed E-state index contributed by atoms with van der Waals surface area (Å²) < 4.78 is 17.9. The number of epoxide rings is 1. The highest BCUT2D eigenvalue weighted by Crippen LogP contribution is 2.72. The Morgan fingerprint density at radius 2 is 1.76 bits per heavy atom. The van der Waals surface area contributed by atoms with Gasteiger partial charge in [0.25, 0.3) is 0 Å². The Labute approximate surface area is 215 Å². The van der Waals surface area contributed by atoms with Gasteiger partial charge in [-0.3, -0.25) is 0 Å². The van der Waals surface area contributed by atoms with Crippen molar-refractivity contribution in [2.75, 3.05) is 0 Å². The van der Waals surface area contributed by atoms with Crippen LogP contribution in [-0.2, 0) is 14.3 Å². The van der Waals surface area contributed by atoms with Crippen molar-refractivity contribution in [1.29, 1.82) is 0 Å². The molecule has 0 unspecified atom stereocenters. The fourth-order valence-corrected chi connectivity index (χ4v) is 9.14. The number of aliphatic hydroxyl groups excluding tert-OH is 1. The van der Waals surface area contributed by atoms with Gasteiger partial charge in [0, 0.05) is 22.9 Å². The first-order valence-corrected chi connectivity index (χ1v) is 13.4. The molecule has 8 atom stereocenters. The summed E-state index contributed by atoms with van der Waals surface area (Å²) in [5.74, 6) is -0.522. The van der Waals surface area contributed by atoms with Gasteiger partial charge in [0.1, 0.15) is 22.9 Å². The molecule has 196 valence electrons. The van der Waals surface area contributed by atoms with Crippen LogP contribution in [0, 0.1) is 31.1 Å². The third-order valence-corrected chi connectivity index (χ3v) is 10.7. The summed E-state index contributed by atoms with van der Waals surface area (Å²) in [6, 6.07) is 3.91. The number of aryl methyl sites for hydroxylation is 2. The molecule has 2 aliphatic heterocycles. The summed E-state index contributed by atoms with van der Waals surface area (Å²) in [5, 5.41) is 24.9. The Morgan fingerprint density at radius 1 is 1.03 bits per heavy atom. The lowest BCUT2D eigenvalue weighted by molar-refractivity contribution is -0.156. The van der Waals surface area contributed by atoms with E-state index in [1.54, 1.807) is 6.92 Å². The first kappa shape index (κ1) is 23.6. The van der Waals surface area contributed by atoms with E-state index < -0.39 is 29.0 Å². The van der Waals surface area contributed by atoms with E-state index in [1.807, 2.05) is 32.9 Å². The normalized spacial score (nSPS) is 43.0. The monoisotopic (exact) mass is 506 g/mol. The smallest absolute Gasteiger partial charge is 0.339 e. The van der Waals surface area contributed by atoms with Crippen LogP contribution in [0.25, 0.3) is 11.0 Å². The molecule has 2 saturated carbocycles. The zero-order valence-corrected chi connectivity index (χ0v) is 22.0. The van der Waals surface area contributed by atoms with E-state index in [4.69, 9.17) is 13.9 Å². The quantitative estimate of drug-likeness (QED) is 0.314. The first-order valence-electron chi connectivity index (χ1n) is 13.4. The third-order valence-electron chi connectivity index (χ3n) is 10.7. The van der Waals surface area contributed by atoms with Crippen molar-refractivity contribution < 1.29 is 28.9 Å². The van der Waals surface area contributed by atoms with Gasteiger partial charge < -0.3 is 24.1 Å². The Bertz CT molecular complexity index is 1470. The second-order valence-electron chi connectivity index (χ2n) is 13.0. The van der Waals surface area contributed by atoms with Crippen molar-refractivity contribution in [2.24, 2.45) is 17.3 Å². The molecule has 5 aliphatic rings. The molecule has 0 amide bonds. The van der Waals surface area contributed by atoms with Crippen molar-refractivity contribution in [3.63, 3.8) is 0 Å². The van der Waals surface area contributed by atoms with Crippen molar-refractivity contribution in [3.05, 3.63) is 57.0 Å². The second-order valence-corrected chi connectivity index (χ2v) is 13.0. The summed E-state index contributed by atoms with van der Waals surface area (Å²) in [6.45, 7) is 9.73. The summed E-state index contributed by atoms with van der Waals surface area (Å²) in [4.78, 5) is 24.6. The van der Waals surface area contributed by atoms with E-state index in [2.05, 4.69) is 13.0 Å². The summed E-state index contributed by atoms with van der Waals surface area (Å²) in [5.41, 5.74) is 0.426. The molecule has 37 heavy (non-hydrogen) atoms. The molecule has 7 nitrogen and oxygen atoms in total. The number of fused-ring (bicyclic) bond motifs is 7. The molecule has 1 aromatic carbocycles. The van der Waals surface area contributed by atoms with Crippen molar-refractivity contribution in [1.82, 2.24) is 0 Å². The highest BCUT2D eigenvalue weighted by atomic mass is 16.6. The average molecular weight is 507 g/mol. The Morgan fingerprint density at radius 3 is 2.51 bits per heavy atom. The molecule has 1 spiro atoms. The number of esters is 1. The number of hydrogen-bond acceptors (Lipinski definition) is 7. The zero-order valence-electron chi connectivity index (χ0n) is 22.0. The minimum Gasteiger partial charge on any atom is -0.456 e. The van der Waals surface area contributed by atoms with Gasteiger partial charge in [-0.2, -0.15) is 0 Å². The number of ether oxygens (including phenoxy) is 2. The summed E-state index contributed by atoms with van der Waals surface area (Å²) in [7, 11) is 0. The minimum absolute atomic E-state index is 0.00897. The molecule has 3 heterocycles. The number of benzene rings is 1. The molecule has 7 heteroatoms. The van der Waals surface area contributed by atoms with Gasteiger partial charge in [0.2, 0.25) is 0 Å². The van der Waals surface area contributed by atoms with Gasteiger partial charge in [-0.15, -0.1) is 0 Å². The van der Waals surface area contributed by atoms with Crippen LogP contribution in [0.3, 0.4) is 0 Å². The predicted octanol–water partition coefficient (Wildman–Crippen LogP) is 4.13. The van der Waals surface area contributed by atoms with Crippen LogP contribution >= 0.6 is 0 Å². The van der Waals surface area contributed by atoms with Crippen molar-refractivity contribution in [2.45, 2.75) is 95.2 Å². The topological polar surface area (TPSA) is 110 Å². The van der Waals surface area contributed by atoms with Crippen LogP contribution in [-0.4, -0.2) is 39.1 Å². The minimum atomic E-state index is -1.11. The van der Waals surface area contributed by atoms with E-state index in [0.717, 1.165) is 34.9 Å². The fourth-order valence-electron chi connectivity index (χ4n) is 9.14. The second kappa shape index (κ2) is 6.93. The molecule has 1 aromatic heterocycles. The third kappa shape index (κ3) is 2.83. The van der Waals surface area contributed by atoms with Crippen LogP contribution in [0.2, 0.25) is 0 Å². The number of carbonyl (C=O) groups excluding carboxylic acids is 1. The number of aliphatic hydroxyl groups is 2. The summed E-state index contributed by atoms with van der Waals surface area (Å²) >= 11 is 0. The van der Waals surface area contributed by atoms with Crippen LogP contribution in [0.4, 0.5) is 0 Å². The lowest BCUT2D eigenvalue weighted by Crippen LogP contribution is -2.47. The van der Waals surface area contributed by atoms with Gasteiger partial charge in [0.15, 0.2) is 0 Å². The standard InChI is InChI=1S/C30H34O7/c1-14-10-16-11-17-18-12-29(34)21(28(18,5)13-19(31)23(17)15(2)24(16)35-25(14)33)7-6-20-27(3,4)36-22(32)8-9-30(20)26(29)37-30/h8-11,18-21,26,31,34H,6-7,12-13H2,1-5H3/t18-,19+,20-,21-,26+,28+,29+,30-/m0/s1. The first-order chi connectivity index (χ1) is 17.3. The number of cyclic esters (lactones) is 1. The fraction of sp³-hybridized carbons (Fsp3) is 0.600. The maximum Gasteiger partial charge on any atom is 0.339 e. The molecular formula is C30H34O7. The molecule has 7 rings (SSSR count). The van der Waals surface area contributed by atoms with Gasteiger partial charge >= 0.3 is 11.6 Å². The molecular weight excluding hydrogens is 472 g/mol. The van der Waals surface area contributed by atoms with Crippen LogP contribution in [0.15, 0.2) is 33.5 Å². The molecule has 2 aromatic rings. The highest BCUT2D eigenvalue weighted by Gasteiger charge is 2.78. The van der Waals surface area contributed by atoms with Crippen LogP contribution < -0.4 is 5.63 Å². The van der Waals surface area contributed by atoms with Crippen molar-refractivity contribution in [3.8, 4) is 0 Å². The maximum absolute atomic E-state index is 12.5. The zero-order chi connectivity index (χ0) is 26.3. The molecule has 0 bridgehead atoms.